The summed E-state index contributed by atoms with van der Waals surface area (Å²) in [5.74, 6) is -0.136. The molecule has 0 aliphatic carbocycles. The maximum Gasteiger partial charge on any atom is 0.451 e. The normalized spacial score (nSPS) is 14.0. The van der Waals surface area contributed by atoms with E-state index in [0.717, 1.165) is 32.5 Å². The highest BCUT2D eigenvalue weighted by Gasteiger charge is 2.39. The maximum absolute atomic E-state index is 13.3. The Morgan fingerprint density at radius 2 is 1.95 bits per heavy atom. The molecule has 4 heterocycles. The van der Waals surface area contributed by atoms with Gasteiger partial charge >= 0.3 is 18.3 Å². The Morgan fingerprint density at radius 1 is 1.16 bits per heavy atom. The number of aromatic nitrogens is 5. The number of thiophene rings is 1. The van der Waals surface area contributed by atoms with Crippen LogP contribution in [0, 0.1) is 0 Å². The highest BCUT2D eigenvalue weighted by Crippen LogP contribution is 2.36. The van der Waals surface area contributed by atoms with Gasteiger partial charge in [-0.05, 0) is 46.1 Å². The fourth-order valence-corrected chi connectivity index (χ4v) is 5.17. The van der Waals surface area contributed by atoms with E-state index in [4.69, 9.17) is 9.47 Å². The van der Waals surface area contributed by atoms with E-state index in [1.807, 2.05) is 11.0 Å². The molecule has 0 spiro atoms. The van der Waals surface area contributed by atoms with Gasteiger partial charge in [-0.15, -0.1) is 21.5 Å². The van der Waals surface area contributed by atoms with Crippen LogP contribution >= 0.6 is 11.3 Å². The van der Waals surface area contributed by atoms with E-state index < -0.39 is 23.7 Å². The average Bonchev–Trinajstić information content (AvgIpc) is 3.43. The minimum Gasteiger partial charge on any atom is -0.463 e. The van der Waals surface area contributed by atoms with Gasteiger partial charge in [-0.25, -0.2) is 4.79 Å². The van der Waals surface area contributed by atoms with E-state index >= 15 is 0 Å². The number of fused-ring (bicyclic) bond motifs is 2. The van der Waals surface area contributed by atoms with Crippen molar-refractivity contribution in [3.8, 4) is 6.01 Å². The average molecular weight is 556 g/mol. The molecular formula is C24H32F3N7O3S. The topological polar surface area (TPSA) is 107 Å². The van der Waals surface area contributed by atoms with Gasteiger partial charge in [0.2, 0.25) is 5.82 Å². The third-order valence-electron chi connectivity index (χ3n) is 5.68. The van der Waals surface area contributed by atoms with Gasteiger partial charge in [-0.2, -0.15) is 23.1 Å². The Labute approximate surface area is 222 Å². The zero-order valence-electron chi connectivity index (χ0n) is 21.9. The Bertz CT molecular complexity index is 1270. The fraction of sp³-hybridized carbons (Fsp3) is 0.625. The Hall–Kier alpha value is -3.16. The summed E-state index contributed by atoms with van der Waals surface area (Å²) in [6.07, 6.45) is -1.81. The van der Waals surface area contributed by atoms with Gasteiger partial charge in [0.25, 0.3) is 0 Å². The second-order valence-electron chi connectivity index (χ2n) is 10.0. The molecule has 1 aliphatic heterocycles. The summed E-state index contributed by atoms with van der Waals surface area (Å²) < 4.78 is 52.0. The highest BCUT2D eigenvalue weighted by atomic mass is 32.1. The summed E-state index contributed by atoms with van der Waals surface area (Å²) in [5.41, 5.74) is -0.551. The molecule has 14 heteroatoms. The van der Waals surface area contributed by atoms with Crippen LogP contribution in [0.15, 0.2) is 6.07 Å². The molecule has 0 saturated carbocycles. The molecular weight excluding hydrogens is 523 g/mol. The van der Waals surface area contributed by atoms with Gasteiger partial charge in [0.15, 0.2) is 5.82 Å². The van der Waals surface area contributed by atoms with E-state index in [-0.39, 0.29) is 24.9 Å². The van der Waals surface area contributed by atoms with Crippen molar-refractivity contribution in [3.63, 3.8) is 0 Å². The maximum atomic E-state index is 13.3. The van der Waals surface area contributed by atoms with Crippen molar-refractivity contribution in [3.05, 3.63) is 22.6 Å². The second-order valence-corrected chi connectivity index (χ2v) is 11.1. The first-order chi connectivity index (χ1) is 17.9. The first-order valence-electron chi connectivity index (χ1n) is 12.6. The number of nitrogens with one attached hydrogen (secondary N) is 1. The summed E-state index contributed by atoms with van der Waals surface area (Å²) in [6.45, 7) is 8.85. The largest absolute Gasteiger partial charge is 0.463 e. The molecule has 0 unspecified atom stereocenters. The molecule has 1 N–H and O–H groups in total. The van der Waals surface area contributed by atoms with Crippen LogP contribution in [0.25, 0.3) is 10.2 Å². The first kappa shape index (κ1) is 27.9. The van der Waals surface area contributed by atoms with E-state index in [1.54, 1.807) is 32.1 Å². The molecule has 0 aromatic carbocycles. The van der Waals surface area contributed by atoms with Crippen molar-refractivity contribution in [2.75, 3.05) is 24.6 Å². The van der Waals surface area contributed by atoms with Crippen LogP contribution in [0.2, 0.25) is 0 Å². The minimum atomic E-state index is -4.55. The first-order valence-corrected chi connectivity index (χ1v) is 13.4. The number of amides is 1. The summed E-state index contributed by atoms with van der Waals surface area (Å²) in [7, 11) is 0. The molecule has 0 atom stereocenters. The van der Waals surface area contributed by atoms with Crippen LogP contribution < -0.4 is 15.0 Å². The lowest BCUT2D eigenvalue weighted by Gasteiger charge is -2.29. The number of rotatable bonds is 9. The molecule has 0 radical (unpaired) electrons. The van der Waals surface area contributed by atoms with Crippen LogP contribution in [0.5, 0.6) is 6.01 Å². The van der Waals surface area contributed by atoms with Crippen molar-refractivity contribution in [1.29, 1.82) is 0 Å². The Kier molecular flexibility index (Phi) is 8.28. The summed E-state index contributed by atoms with van der Waals surface area (Å²) in [4.78, 5) is 24.8. The number of nitrogens with zero attached hydrogens (tertiary/aromatic N) is 6. The summed E-state index contributed by atoms with van der Waals surface area (Å²) in [6, 6.07) is 2.26. The minimum absolute atomic E-state index is 0.0927. The Morgan fingerprint density at radius 3 is 2.66 bits per heavy atom. The monoisotopic (exact) mass is 555 g/mol. The van der Waals surface area contributed by atoms with Crippen LogP contribution in [0.4, 0.5) is 23.8 Å². The number of anilines is 1. The molecule has 10 nitrogen and oxygen atoms in total. The second kappa shape index (κ2) is 11.3. The van der Waals surface area contributed by atoms with Crippen LogP contribution in [-0.2, 0) is 30.4 Å². The molecule has 0 saturated heterocycles. The van der Waals surface area contributed by atoms with Crippen LogP contribution in [0.1, 0.15) is 63.5 Å². The fourth-order valence-electron chi connectivity index (χ4n) is 4.06. The van der Waals surface area contributed by atoms with Gasteiger partial charge < -0.3 is 24.3 Å². The zero-order valence-corrected chi connectivity index (χ0v) is 22.7. The molecule has 1 amide bonds. The quantitative estimate of drug-likeness (QED) is 0.370. The van der Waals surface area contributed by atoms with E-state index in [0.29, 0.717) is 38.4 Å². The molecule has 3 aromatic heterocycles. The van der Waals surface area contributed by atoms with Crippen molar-refractivity contribution in [2.45, 2.75) is 78.2 Å². The Balaban J connectivity index is 1.44. The summed E-state index contributed by atoms with van der Waals surface area (Å²) >= 11 is 1.56. The third kappa shape index (κ3) is 6.83. The van der Waals surface area contributed by atoms with Gasteiger partial charge in [0.1, 0.15) is 16.2 Å². The molecule has 0 fully saturated rings. The van der Waals surface area contributed by atoms with E-state index in [9.17, 15) is 18.0 Å². The molecule has 3 aromatic rings. The third-order valence-corrected chi connectivity index (χ3v) is 6.77. The number of alkyl halides is 3. The van der Waals surface area contributed by atoms with Gasteiger partial charge in [-0.1, -0.05) is 13.3 Å². The number of hydrogen-bond donors (Lipinski definition) is 1. The predicted octanol–water partition coefficient (Wildman–Crippen LogP) is 4.96. The number of halogens is 3. The van der Waals surface area contributed by atoms with Crippen LogP contribution in [-0.4, -0.2) is 56.1 Å². The number of ether oxygens (including phenoxy) is 2. The zero-order chi connectivity index (χ0) is 27.5. The number of hydrogen-bond acceptors (Lipinski definition) is 9. The molecule has 38 heavy (non-hydrogen) atoms. The number of carbonyl (C=O) groups excluding carboxylic acids is 1. The smallest absolute Gasteiger partial charge is 0.451 e. The van der Waals surface area contributed by atoms with Gasteiger partial charge in [-0.3, -0.25) is 0 Å². The van der Waals surface area contributed by atoms with Gasteiger partial charge in [0, 0.05) is 24.5 Å². The molecule has 0 bridgehead atoms. The highest BCUT2D eigenvalue weighted by molar-refractivity contribution is 7.18. The predicted molar refractivity (Wildman–Crippen MR) is 136 cm³/mol. The van der Waals surface area contributed by atoms with Gasteiger partial charge in [0.05, 0.1) is 18.5 Å². The van der Waals surface area contributed by atoms with E-state index in [1.165, 1.54) is 0 Å². The van der Waals surface area contributed by atoms with Crippen molar-refractivity contribution in [2.24, 2.45) is 0 Å². The van der Waals surface area contributed by atoms with Crippen molar-refractivity contribution in [1.82, 2.24) is 30.0 Å². The van der Waals surface area contributed by atoms with Crippen molar-refractivity contribution >= 4 is 33.5 Å². The lowest BCUT2D eigenvalue weighted by atomic mass is 10.2. The van der Waals surface area contributed by atoms with Crippen molar-refractivity contribution < 1.29 is 27.4 Å². The molecule has 208 valence electrons. The SMILES string of the molecule is CCCc1cc2c(N3CCn4c(nnc4C(F)(F)F)C3)nc(OCCCCNC(=O)OC(C)(C)C)nc2s1. The standard InChI is InChI=1S/C24H32F3N7O3S/c1-5-8-15-13-16-18(33-10-11-34-17(14-33)31-32-20(34)24(25,26)27)29-21(30-19(16)38-15)36-12-7-6-9-28-22(35)37-23(2,3)4/h13H,5-12,14H2,1-4H3,(H,28,35). The molecule has 1 aliphatic rings. The molecule has 4 rings (SSSR count). The lowest BCUT2D eigenvalue weighted by molar-refractivity contribution is -0.147. The number of aryl methyl sites for hydroxylation is 1. The summed E-state index contributed by atoms with van der Waals surface area (Å²) in [5, 5.41) is 10.7. The number of alkyl carbamates (subject to hydrolysis) is 1. The number of unbranched alkanes of at least 4 members (excludes halogenated alkanes) is 1. The van der Waals surface area contributed by atoms with Crippen LogP contribution in [0.3, 0.4) is 0 Å². The lowest BCUT2D eigenvalue weighted by Crippen LogP contribution is -2.36. The van der Waals surface area contributed by atoms with E-state index in [2.05, 4.69) is 32.4 Å². The number of carbonyl (C=O) groups is 1.